The number of imidazole rings is 2. The molecule has 0 unspecified atom stereocenters. The molecule has 3 aromatic heterocycles. The lowest BCUT2D eigenvalue weighted by atomic mass is 9.85. The van der Waals surface area contributed by atoms with Gasteiger partial charge in [-0.2, -0.15) is 4.98 Å². The first-order valence-electron chi connectivity index (χ1n) is 12.2. The maximum Gasteiger partial charge on any atom is 0.228 e. The number of fused-ring (bicyclic) bond motifs is 2. The van der Waals surface area contributed by atoms with Crippen LogP contribution < -0.4 is 4.90 Å². The highest BCUT2D eigenvalue weighted by Crippen LogP contribution is 2.36. The Kier molecular flexibility index (Phi) is 5.25. The van der Waals surface area contributed by atoms with E-state index in [1.807, 2.05) is 6.33 Å². The number of nitrogens with one attached hydrogen (secondary N) is 1. The zero-order valence-corrected chi connectivity index (χ0v) is 19.1. The van der Waals surface area contributed by atoms with Crippen LogP contribution in [0.4, 0.5) is 5.95 Å². The van der Waals surface area contributed by atoms with Gasteiger partial charge in [-0.25, -0.2) is 15.0 Å². The molecule has 4 aromatic rings. The molecule has 172 valence electrons. The molecule has 2 N–H and O–H groups in total. The van der Waals surface area contributed by atoms with Gasteiger partial charge in [-0.15, -0.1) is 0 Å². The van der Waals surface area contributed by atoms with Crippen LogP contribution in [0.25, 0.3) is 33.5 Å². The SMILES string of the molecule is C[C@@H]1CCCC[C@@H]1n1cnc2cc(-c3nc(N4CCC(CO)CC4)nc4nc[nH]c34)ccc21. The predicted octanol–water partition coefficient (Wildman–Crippen LogP) is 4.33. The molecule has 2 fully saturated rings. The van der Waals surface area contributed by atoms with Crippen molar-refractivity contribution in [2.24, 2.45) is 11.8 Å². The van der Waals surface area contributed by atoms with E-state index in [0.29, 0.717) is 29.5 Å². The van der Waals surface area contributed by atoms with Crippen molar-refractivity contribution in [3.63, 3.8) is 0 Å². The summed E-state index contributed by atoms with van der Waals surface area (Å²) in [5.74, 6) is 1.77. The van der Waals surface area contributed by atoms with Gasteiger partial charge in [0.2, 0.25) is 5.95 Å². The molecule has 0 radical (unpaired) electrons. The molecule has 0 bridgehead atoms. The molecule has 1 aliphatic carbocycles. The van der Waals surface area contributed by atoms with Gasteiger partial charge in [-0.1, -0.05) is 25.8 Å². The zero-order valence-electron chi connectivity index (χ0n) is 19.1. The predicted molar refractivity (Wildman–Crippen MR) is 129 cm³/mol. The standard InChI is InChI=1S/C25H31N7O/c1-16-4-2-3-5-20(16)32-15-28-19-12-18(6-7-21(19)32)22-23-24(27-14-26-23)30-25(29-22)31-10-8-17(13-33)9-11-31/h6-7,12,14-17,20,33H,2-5,8-11,13H2,1H3,(H,26,27,29,30)/t16-,20+/m1/s1. The Morgan fingerprint density at radius 1 is 1.06 bits per heavy atom. The maximum atomic E-state index is 9.47. The third-order valence-electron chi connectivity index (χ3n) is 7.70. The van der Waals surface area contributed by atoms with Crippen molar-refractivity contribution in [2.45, 2.75) is 51.5 Å². The molecule has 2 atom stereocenters. The van der Waals surface area contributed by atoms with Gasteiger partial charge in [0, 0.05) is 31.3 Å². The summed E-state index contributed by atoms with van der Waals surface area (Å²) in [5.41, 5.74) is 5.61. The lowest BCUT2D eigenvalue weighted by molar-refractivity contribution is 0.202. The summed E-state index contributed by atoms with van der Waals surface area (Å²) in [7, 11) is 0. The number of anilines is 1. The molecule has 8 heteroatoms. The van der Waals surface area contributed by atoms with Crippen LogP contribution in [0.5, 0.6) is 0 Å². The van der Waals surface area contributed by atoms with Crippen molar-refractivity contribution in [2.75, 3.05) is 24.6 Å². The van der Waals surface area contributed by atoms with Crippen LogP contribution in [0.2, 0.25) is 0 Å². The number of nitrogens with zero attached hydrogens (tertiary/aromatic N) is 6. The van der Waals surface area contributed by atoms with Crippen molar-refractivity contribution >= 4 is 28.1 Å². The quantitative estimate of drug-likeness (QED) is 0.485. The van der Waals surface area contributed by atoms with Gasteiger partial charge in [0.25, 0.3) is 0 Å². The first kappa shape index (κ1) is 20.6. The van der Waals surface area contributed by atoms with Gasteiger partial charge in [0.15, 0.2) is 5.65 Å². The number of H-pyrrole nitrogens is 1. The minimum absolute atomic E-state index is 0.255. The molecular weight excluding hydrogens is 414 g/mol. The van der Waals surface area contributed by atoms with Gasteiger partial charge in [0.05, 0.1) is 23.7 Å². The second kappa shape index (κ2) is 8.41. The third kappa shape index (κ3) is 3.66. The molecule has 33 heavy (non-hydrogen) atoms. The monoisotopic (exact) mass is 445 g/mol. The second-order valence-electron chi connectivity index (χ2n) is 9.77. The van der Waals surface area contributed by atoms with Crippen LogP contribution in [0, 0.1) is 11.8 Å². The van der Waals surface area contributed by atoms with E-state index in [2.05, 4.69) is 44.6 Å². The Bertz CT molecular complexity index is 1270. The fraction of sp³-hybridized carbons (Fsp3) is 0.520. The van der Waals surface area contributed by atoms with E-state index in [4.69, 9.17) is 15.0 Å². The first-order chi connectivity index (χ1) is 16.2. The van der Waals surface area contributed by atoms with Gasteiger partial charge in [-0.3, -0.25) is 0 Å². The number of aromatic nitrogens is 6. The number of aliphatic hydroxyl groups is 1. The third-order valence-corrected chi connectivity index (χ3v) is 7.70. The van der Waals surface area contributed by atoms with Gasteiger partial charge in [0.1, 0.15) is 11.2 Å². The molecule has 8 nitrogen and oxygen atoms in total. The van der Waals surface area contributed by atoms with E-state index in [1.165, 1.54) is 31.2 Å². The molecule has 4 heterocycles. The smallest absolute Gasteiger partial charge is 0.228 e. The summed E-state index contributed by atoms with van der Waals surface area (Å²) < 4.78 is 2.38. The zero-order chi connectivity index (χ0) is 22.4. The lowest BCUT2D eigenvalue weighted by Crippen LogP contribution is -2.35. The summed E-state index contributed by atoms with van der Waals surface area (Å²) in [6.07, 6.45) is 10.8. The van der Waals surface area contributed by atoms with Crippen LogP contribution in [0.15, 0.2) is 30.9 Å². The number of hydrogen-bond acceptors (Lipinski definition) is 6. The molecule has 0 spiro atoms. The molecule has 1 aliphatic heterocycles. The molecule has 6 rings (SSSR count). The Balaban J connectivity index is 1.38. The van der Waals surface area contributed by atoms with Crippen LogP contribution in [0.3, 0.4) is 0 Å². The number of benzene rings is 1. The fourth-order valence-electron chi connectivity index (χ4n) is 5.64. The Hall–Kier alpha value is -3.00. The van der Waals surface area contributed by atoms with Crippen molar-refractivity contribution in [3.8, 4) is 11.3 Å². The first-order valence-corrected chi connectivity index (χ1v) is 12.2. The van der Waals surface area contributed by atoms with Crippen LogP contribution >= 0.6 is 0 Å². The van der Waals surface area contributed by atoms with Gasteiger partial charge < -0.3 is 19.6 Å². The van der Waals surface area contributed by atoms with E-state index in [-0.39, 0.29) is 6.61 Å². The highest BCUT2D eigenvalue weighted by atomic mass is 16.3. The van der Waals surface area contributed by atoms with Crippen molar-refractivity contribution in [3.05, 3.63) is 30.9 Å². The Morgan fingerprint density at radius 2 is 1.91 bits per heavy atom. The second-order valence-corrected chi connectivity index (χ2v) is 9.77. The number of hydrogen-bond donors (Lipinski definition) is 2. The summed E-state index contributed by atoms with van der Waals surface area (Å²) in [5, 5.41) is 9.47. The molecule has 2 aliphatic rings. The largest absolute Gasteiger partial charge is 0.396 e. The number of rotatable bonds is 4. The summed E-state index contributed by atoms with van der Waals surface area (Å²) in [4.78, 5) is 24.3. The van der Waals surface area contributed by atoms with E-state index in [0.717, 1.165) is 48.2 Å². The number of aromatic amines is 1. The van der Waals surface area contributed by atoms with Crippen LogP contribution in [-0.4, -0.2) is 54.3 Å². The number of aliphatic hydroxyl groups excluding tert-OH is 1. The maximum absolute atomic E-state index is 9.47. The molecule has 1 saturated heterocycles. The fourth-order valence-corrected chi connectivity index (χ4v) is 5.64. The minimum atomic E-state index is 0.255. The van der Waals surface area contributed by atoms with Gasteiger partial charge >= 0.3 is 0 Å². The lowest BCUT2D eigenvalue weighted by Gasteiger charge is -2.31. The van der Waals surface area contributed by atoms with Crippen molar-refractivity contribution < 1.29 is 5.11 Å². The van der Waals surface area contributed by atoms with E-state index >= 15 is 0 Å². The van der Waals surface area contributed by atoms with Crippen molar-refractivity contribution in [1.82, 2.24) is 29.5 Å². The average molecular weight is 446 g/mol. The van der Waals surface area contributed by atoms with E-state index < -0.39 is 0 Å². The van der Waals surface area contributed by atoms with Gasteiger partial charge in [-0.05, 0) is 49.7 Å². The summed E-state index contributed by atoms with van der Waals surface area (Å²) >= 11 is 0. The van der Waals surface area contributed by atoms with E-state index in [9.17, 15) is 5.11 Å². The molecular formula is C25H31N7O. The Morgan fingerprint density at radius 3 is 2.73 bits per heavy atom. The molecule has 1 aromatic carbocycles. The highest BCUT2D eigenvalue weighted by molar-refractivity contribution is 5.91. The van der Waals surface area contributed by atoms with Crippen LogP contribution in [-0.2, 0) is 0 Å². The van der Waals surface area contributed by atoms with Crippen LogP contribution in [0.1, 0.15) is 51.5 Å². The minimum Gasteiger partial charge on any atom is -0.396 e. The molecule has 1 saturated carbocycles. The highest BCUT2D eigenvalue weighted by Gasteiger charge is 2.25. The number of piperidine rings is 1. The normalized spacial score (nSPS) is 22.4. The average Bonchev–Trinajstić information content (AvgIpc) is 3.50. The summed E-state index contributed by atoms with van der Waals surface area (Å²) in [6, 6.07) is 7.01. The van der Waals surface area contributed by atoms with Crippen molar-refractivity contribution in [1.29, 1.82) is 0 Å². The molecule has 0 amide bonds. The summed E-state index contributed by atoms with van der Waals surface area (Å²) in [6.45, 7) is 4.32. The topological polar surface area (TPSA) is 95.8 Å². The van der Waals surface area contributed by atoms with E-state index in [1.54, 1.807) is 6.33 Å². The Labute approximate surface area is 193 Å².